The highest BCUT2D eigenvalue weighted by Crippen LogP contribution is 2.28. The van der Waals surface area contributed by atoms with Crippen molar-refractivity contribution in [2.24, 2.45) is 4.99 Å². The first-order chi connectivity index (χ1) is 11.1. The number of carbonyl (C=O) groups is 1. The molecule has 23 heavy (non-hydrogen) atoms. The SMILES string of the molecule is CCOc1cc(C=Nc2ccc(C)cc2)ccc1OCC(=O)O. The van der Waals surface area contributed by atoms with E-state index in [1.54, 1.807) is 24.4 Å². The van der Waals surface area contributed by atoms with Gasteiger partial charge in [0.1, 0.15) is 0 Å². The van der Waals surface area contributed by atoms with E-state index in [0.717, 1.165) is 11.3 Å². The van der Waals surface area contributed by atoms with E-state index in [0.29, 0.717) is 18.1 Å². The minimum atomic E-state index is -1.03. The Labute approximate surface area is 135 Å². The fourth-order valence-electron chi connectivity index (χ4n) is 1.91. The van der Waals surface area contributed by atoms with Crippen LogP contribution in [-0.2, 0) is 4.79 Å². The molecule has 5 heteroatoms. The zero-order valence-corrected chi connectivity index (χ0v) is 13.2. The number of hydrogen-bond donors (Lipinski definition) is 1. The molecule has 2 aromatic carbocycles. The van der Waals surface area contributed by atoms with Crippen molar-refractivity contribution in [2.75, 3.05) is 13.2 Å². The summed E-state index contributed by atoms with van der Waals surface area (Å²) in [6.07, 6.45) is 1.73. The molecule has 0 atom stereocenters. The van der Waals surface area contributed by atoms with Gasteiger partial charge in [-0.3, -0.25) is 4.99 Å². The van der Waals surface area contributed by atoms with E-state index in [1.165, 1.54) is 5.56 Å². The van der Waals surface area contributed by atoms with Gasteiger partial charge >= 0.3 is 5.97 Å². The highest BCUT2D eigenvalue weighted by atomic mass is 16.5. The van der Waals surface area contributed by atoms with E-state index < -0.39 is 12.6 Å². The Morgan fingerprint density at radius 1 is 1.13 bits per heavy atom. The highest BCUT2D eigenvalue weighted by Gasteiger charge is 2.07. The fraction of sp³-hybridized carbons (Fsp3) is 0.222. The minimum Gasteiger partial charge on any atom is -0.490 e. The van der Waals surface area contributed by atoms with Gasteiger partial charge in [0.2, 0.25) is 0 Å². The van der Waals surface area contributed by atoms with Gasteiger partial charge in [-0.2, -0.15) is 0 Å². The summed E-state index contributed by atoms with van der Waals surface area (Å²) in [6, 6.07) is 13.2. The van der Waals surface area contributed by atoms with Gasteiger partial charge < -0.3 is 14.6 Å². The largest absolute Gasteiger partial charge is 0.490 e. The zero-order chi connectivity index (χ0) is 16.7. The molecular formula is C18H19NO4. The molecule has 0 aliphatic heterocycles. The van der Waals surface area contributed by atoms with Crippen LogP contribution in [-0.4, -0.2) is 30.5 Å². The molecule has 2 aromatic rings. The molecule has 2 rings (SSSR count). The molecular weight excluding hydrogens is 294 g/mol. The maximum atomic E-state index is 10.6. The number of carboxylic acid groups (broad SMARTS) is 1. The van der Waals surface area contributed by atoms with Crippen LogP contribution in [0.4, 0.5) is 5.69 Å². The first-order valence-electron chi connectivity index (χ1n) is 7.30. The van der Waals surface area contributed by atoms with E-state index in [-0.39, 0.29) is 0 Å². The molecule has 0 aliphatic carbocycles. The lowest BCUT2D eigenvalue weighted by Gasteiger charge is -2.11. The van der Waals surface area contributed by atoms with Crippen LogP contribution in [0.3, 0.4) is 0 Å². The quantitative estimate of drug-likeness (QED) is 0.793. The average Bonchev–Trinajstić information content (AvgIpc) is 2.53. The number of aliphatic imine (C=N–C) groups is 1. The second-order valence-corrected chi connectivity index (χ2v) is 4.92. The van der Waals surface area contributed by atoms with Crippen molar-refractivity contribution >= 4 is 17.9 Å². The van der Waals surface area contributed by atoms with E-state index in [4.69, 9.17) is 14.6 Å². The molecule has 0 aromatic heterocycles. The molecule has 1 N–H and O–H groups in total. The maximum absolute atomic E-state index is 10.6. The second-order valence-electron chi connectivity index (χ2n) is 4.92. The molecule has 5 nitrogen and oxygen atoms in total. The smallest absolute Gasteiger partial charge is 0.341 e. The summed E-state index contributed by atoms with van der Waals surface area (Å²) < 4.78 is 10.7. The first-order valence-corrected chi connectivity index (χ1v) is 7.30. The van der Waals surface area contributed by atoms with Crippen molar-refractivity contribution < 1.29 is 19.4 Å². The second kappa shape index (κ2) is 7.98. The third kappa shape index (κ3) is 5.14. The van der Waals surface area contributed by atoms with Crippen molar-refractivity contribution in [3.8, 4) is 11.5 Å². The molecule has 0 saturated carbocycles. The molecule has 0 amide bonds. The van der Waals surface area contributed by atoms with Crippen LogP contribution in [0.1, 0.15) is 18.1 Å². The summed E-state index contributed by atoms with van der Waals surface area (Å²) >= 11 is 0. The summed E-state index contributed by atoms with van der Waals surface area (Å²) in [5.41, 5.74) is 2.89. The molecule has 0 unspecified atom stereocenters. The van der Waals surface area contributed by atoms with Gasteiger partial charge in [-0.15, -0.1) is 0 Å². The fourth-order valence-corrected chi connectivity index (χ4v) is 1.91. The van der Waals surface area contributed by atoms with E-state index >= 15 is 0 Å². The number of nitrogens with zero attached hydrogens (tertiary/aromatic N) is 1. The molecule has 0 radical (unpaired) electrons. The van der Waals surface area contributed by atoms with Crippen LogP contribution in [0, 0.1) is 6.92 Å². The Morgan fingerprint density at radius 3 is 2.52 bits per heavy atom. The van der Waals surface area contributed by atoms with Gasteiger partial charge in [-0.05, 0) is 49.7 Å². The Kier molecular flexibility index (Phi) is 5.74. The van der Waals surface area contributed by atoms with Gasteiger partial charge in [0.25, 0.3) is 0 Å². The lowest BCUT2D eigenvalue weighted by molar-refractivity contribution is -0.139. The Balaban J connectivity index is 2.17. The Morgan fingerprint density at radius 2 is 1.87 bits per heavy atom. The first kappa shape index (κ1) is 16.5. The van der Waals surface area contributed by atoms with Gasteiger partial charge in [0, 0.05) is 6.21 Å². The number of aryl methyl sites for hydroxylation is 1. The van der Waals surface area contributed by atoms with Crippen LogP contribution in [0.5, 0.6) is 11.5 Å². The van der Waals surface area contributed by atoms with Crippen molar-refractivity contribution in [3.63, 3.8) is 0 Å². The molecule has 0 heterocycles. The van der Waals surface area contributed by atoms with Crippen molar-refractivity contribution in [2.45, 2.75) is 13.8 Å². The number of rotatable bonds is 7. The molecule has 0 fully saturated rings. The number of aliphatic carboxylic acids is 1. The van der Waals surface area contributed by atoms with Crippen LogP contribution in [0.25, 0.3) is 0 Å². The van der Waals surface area contributed by atoms with Crippen molar-refractivity contribution in [3.05, 3.63) is 53.6 Å². The Bertz CT molecular complexity index is 693. The van der Waals surface area contributed by atoms with Gasteiger partial charge in [-0.25, -0.2) is 4.79 Å². The van der Waals surface area contributed by atoms with E-state index in [9.17, 15) is 4.79 Å². The number of ether oxygens (including phenoxy) is 2. The maximum Gasteiger partial charge on any atom is 0.341 e. The Hall–Kier alpha value is -2.82. The molecule has 120 valence electrons. The molecule has 0 bridgehead atoms. The van der Waals surface area contributed by atoms with Crippen LogP contribution >= 0.6 is 0 Å². The molecule has 0 aliphatic rings. The van der Waals surface area contributed by atoms with Gasteiger partial charge in [0.05, 0.1) is 12.3 Å². The monoisotopic (exact) mass is 313 g/mol. The van der Waals surface area contributed by atoms with Crippen molar-refractivity contribution in [1.29, 1.82) is 0 Å². The van der Waals surface area contributed by atoms with Crippen molar-refractivity contribution in [1.82, 2.24) is 0 Å². The number of benzene rings is 2. The summed E-state index contributed by atoms with van der Waals surface area (Å²) in [4.78, 5) is 15.0. The molecule has 0 saturated heterocycles. The van der Waals surface area contributed by atoms with Crippen LogP contribution in [0.15, 0.2) is 47.5 Å². The third-order valence-electron chi connectivity index (χ3n) is 3.02. The summed E-state index contributed by atoms with van der Waals surface area (Å²) in [6.45, 7) is 3.94. The number of hydrogen-bond acceptors (Lipinski definition) is 4. The van der Waals surface area contributed by atoms with E-state index in [2.05, 4.69) is 4.99 Å². The average molecular weight is 313 g/mol. The summed E-state index contributed by atoms with van der Waals surface area (Å²) in [5, 5.41) is 8.69. The van der Waals surface area contributed by atoms with Crippen LogP contribution in [0.2, 0.25) is 0 Å². The predicted octanol–water partition coefficient (Wildman–Crippen LogP) is 3.61. The summed E-state index contributed by atoms with van der Waals surface area (Å²) in [5.74, 6) is -0.124. The molecule has 0 spiro atoms. The van der Waals surface area contributed by atoms with Crippen LogP contribution < -0.4 is 9.47 Å². The van der Waals surface area contributed by atoms with Gasteiger partial charge in [-0.1, -0.05) is 17.7 Å². The lowest BCUT2D eigenvalue weighted by Crippen LogP contribution is -2.10. The lowest BCUT2D eigenvalue weighted by atomic mass is 10.2. The highest BCUT2D eigenvalue weighted by molar-refractivity contribution is 5.83. The summed E-state index contributed by atoms with van der Waals surface area (Å²) in [7, 11) is 0. The van der Waals surface area contributed by atoms with Gasteiger partial charge in [0.15, 0.2) is 18.1 Å². The van der Waals surface area contributed by atoms with E-state index in [1.807, 2.05) is 38.1 Å². The normalized spacial score (nSPS) is 10.7. The predicted molar refractivity (Wildman–Crippen MR) is 89.2 cm³/mol. The standard InChI is InChI=1S/C18H19NO4/c1-3-22-17-10-14(6-9-16(17)23-12-18(20)21)11-19-15-7-4-13(2)5-8-15/h4-11H,3,12H2,1-2H3,(H,20,21). The number of carboxylic acids is 1. The zero-order valence-electron chi connectivity index (χ0n) is 13.2. The topological polar surface area (TPSA) is 68.1 Å². The third-order valence-corrected chi connectivity index (χ3v) is 3.02. The minimum absolute atomic E-state index is 0.404.